The Balaban J connectivity index is 1.71. The average Bonchev–Trinajstić information content (AvgIpc) is 3.21. The molecule has 2 aromatic rings. The number of carbonyl (C=O) groups excluding carboxylic acids is 2. The normalized spacial score (nSPS) is 16.1. The van der Waals surface area contributed by atoms with Gasteiger partial charge in [-0.2, -0.15) is 0 Å². The van der Waals surface area contributed by atoms with Crippen molar-refractivity contribution in [3.8, 4) is 11.5 Å². The summed E-state index contributed by atoms with van der Waals surface area (Å²) in [6, 6.07) is 14.4. The van der Waals surface area contributed by atoms with Crippen LogP contribution in [0.3, 0.4) is 0 Å². The van der Waals surface area contributed by atoms with E-state index in [1.165, 1.54) is 0 Å². The lowest BCUT2D eigenvalue weighted by Gasteiger charge is -2.27. The van der Waals surface area contributed by atoms with Crippen LogP contribution in [0.2, 0.25) is 0 Å². The first-order valence-electron chi connectivity index (χ1n) is 8.98. The van der Waals surface area contributed by atoms with Gasteiger partial charge < -0.3 is 19.7 Å². The number of likely N-dealkylation sites (tertiary alicyclic amines) is 1. The van der Waals surface area contributed by atoms with Crippen molar-refractivity contribution in [2.24, 2.45) is 0 Å². The molecule has 2 aromatic carbocycles. The summed E-state index contributed by atoms with van der Waals surface area (Å²) >= 11 is 0. The topological polar surface area (TPSA) is 67.9 Å². The molecule has 0 aromatic heterocycles. The highest BCUT2D eigenvalue weighted by Crippen LogP contribution is 2.38. The number of hydrogen-bond donors (Lipinski definition) is 1. The lowest BCUT2D eigenvalue weighted by Crippen LogP contribution is -2.39. The average molecular weight is 368 g/mol. The number of carbonyl (C=O) groups is 2. The van der Waals surface area contributed by atoms with Crippen molar-refractivity contribution in [1.82, 2.24) is 10.2 Å². The standard InChI is InChI=1S/C21H24N2O4/c1-26-16-10-11-19(27-2)17(13-16)18-9-6-12-23(18)20(24)14-22-21(25)15-7-4-3-5-8-15/h3-5,7-8,10-11,13,18H,6,9,12,14H2,1-2H3,(H,22,25)/t18-/m0/s1. The molecular formula is C21H24N2O4. The fraction of sp³-hybridized carbons (Fsp3) is 0.333. The smallest absolute Gasteiger partial charge is 0.251 e. The van der Waals surface area contributed by atoms with Gasteiger partial charge in [0.15, 0.2) is 0 Å². The van der Waals surface area contributed by atoms with Crippen LogP contribution in [0, 0.1) is 0 Å². The minimum atomic E-state index is -0.251. The number of nitrogens with one attached hydrogen (secondary N) is 1. The lowest BCUT2D eigenvalue weighted by atomic mass is 10.0. The molecule has 1 N–H and O–H groups in total. The van der Waals surface area contributed by atoms with Crippen molar-refractivity contribution < 1.29 is 19.1 Å². The van der Waals surface area contributed by atoms with E-state index in [0.717, 1.165) is 29.9 Å². The molecule has 142 valence electrons. The van der Waals surface area contributed by atoms with Crippen molar-refractivity contribution in [1.29, 1.82) is 0 Å². The minimum absolute atomic E-state index is 0.0312. The predicted octanol–water partition coefficient (Wildman–Crippen LogP) is 2.80. The second-order valence-electron chi connectivity index (χ2n) is 6.40. The van der Waals surface area contributed by atoms with Crippen LogP contribution in [0.15, 0.2) is 48.5 Å². The molecule has 3 rings (SSSR count). The molecule has 1 aliphatic rings. The lowest BCUT2D eigenvalue weighted by molar-refractivity contribution is -0.131. The number of ether oxygens (including phenoxy) is 2. The first-order valence-corrected chi connectivity index (χ1v) is 8.98. The van der Waals surface area contributed by atoms with Crippen LogP contribution in [0.25, 0.3) is 0 Å². The maximum atomic E-state index is 12.8. The highest BCUT2D eigenvalue weighted by atomic mass is 16.5. The third-order valence-corrected chi connectivity index (χ3v) is 4.81. The summed E-state index contributed by atoms with van der Waals surface area (Å²) in [5.41, 5.74) is 1.47. The first kappa shape index (κ1) is 18.8. The fourth-order valence-corrected chi connectivity index (χ4v) is 3.44. The van der Waals surface area contributed by atoms with Gasteiger partial charge in [0.05, 0.1) is 26.8 Å². The number of methoxy groups -OCH3 is 2. The van der Waals surface area contributed by atoms with Gasteiger partial charge in [0, 0.05) is 17.7 Å². The van der Waals surface area contributed by atoms with Crippen molar-refractivity contribution in [2.75, 3.05) is 27.3 Å². The Bertz CT molecular complexity index is 807. The largest absolute Gasteiger partial charge is 0.497 e. The van der Waals surface area contributed by atoms with Gasteiger partial charge in [0.1, 0.15) is 11.5 Å². The zero-order valence-electron chi connectivity index (χ0n) is 15.6. The Labute approximate surface area is 159 Å². The minimum Gasteiger partial charge on any atom is -0.497 e. The van der Waals surface area contributed by atoms with E-state index in [9.17, 15) is 9.59 Å². The monoisotopic (exact) mass is 368 g/mol. The van der Waals surface area contributed by atoms with Crippen molar-refractivity contribution in [3.05, 3.63) is 59.7 Å². The maximum Gasteiger partial charge on any atom is 0.251 e. The van der Waals surface area contributed by atoms with E-state index in [2.05, 4.69) is 5.32 Å². The summed E-state index contributed by atoms with van der Waals surface area (Å²) in [4.78, 5) is 26.7. The summed E-state index contributed by atoms with van der Waals surface area (Å²) in [7, 11) is 3.23. The van der Waals surface area contributed by atoms with E-state index < -0.39 is 0 Å². The predicted molar refractivity (Wildman–Crippen MR) is 102 cm³/mol. The SMILES string of the molecule is COc1ccc(OC)c([C@@H]2CCCN2C(=O)CNC(=O)c2ccccc2)c1. The Morgan fingerprint density at radius 3 is 2.59 bits per heavy atom. The molecule has 1 fully saturated rings. The van der Waals surface area contributed by atoms with E-state index in [0.29, 0.717) is 12.1 Å². The van der Waals surface area contributed by atoms with E-state index in [4.69, 9.17) is 9.47 Å². The summed E-state index contributed by atoms with van der Waals surface area (Å²) in [6.07, 6.45) is 1.76. The fourth-order valence-electron chi connectivity index (χ4n) is 3.44. The second-order valence-corrected chi connectivity index (χ2v) is 6.40. The second kappa shape index (κ2) is 8.58. The van der Waals surface area contributed by atoms with Gasteiger partial charge >= 0.3 is 0 Å². The molecule has 1 aliphatic heterocycles. The number of rotatable bonds is 6. The van der Waals surface area contributed by atoms with Gasteiger partial charge in [-0.25, -0.2) is 0 Å². The number of amides is 2. The third-order valence-electron chi connectivity index (χ3n) is 4.81. The third kappa shape index (κ3) is 4.22. The zero-order valence-corrected chi connectivity index (χ0v) is 15.6. The van der Waals surface area contributed by atoms with E-state index in [1.54, 1.807) is 38.5 Å². The molecule has 6 nitrogen and oxygen atoms in total. The molecule has 6 heteroatoms. The van der Waals surface area contributed by atoms with Gasteiger partial charge in [0.25, 0.3) is 5.91 Å². The Morgan fingerprint density at radius 1 is 1.11 bits per heavy atom. The highest BCUT2D eigenvalue weighted by Gasteiger charge is 2.32. The molecule has 0 unspecified atom stereocenters. The van der Waals surface area contributed by atoms with Gasteiger partial charge in [-0.05, 0) is 43.2 Å². The van der Waals surface area contributed by atoms with Crippen LogP contribution < -0.4 is 14.8 Å². The maximum absolute atomic E-state index is 12.8. The highest BCUT2D eigenvalue weighted by molar-refractivity contribution is 5.96. The van der Waals surface area contributed by atoms with Crippen molar-refractivity contribution in [2.45, 2.75) is 18.9 Å². The summed E-state index contributed by atoms with van der Waals surface area (Å²) in [5, 5.41) is 2.71. The summed E-state index contributed by atoms with van der Waals surface area (Å²) in [5.74, 6) is 1.10. The number of nitrogens with zero attached hydrogens (tertiary/aromatic N) is 1. The van der Waals surface area contributed by atoms with Crippen molar-refractivity contribution >= 4 is 11.8 Å². The van der Waals surface area contributed by atoms with Crippen LogP contribution in [0.5, 0.6) is 11.5 Å². The summed E-state index contributed by atoms with van der Waals surface area (Å²) in [6.45, 7) is 0.627. The van der Waals surface area contributed by atoms with Crippen LogP contribution in [0.1, 0.15) is 34.8 Å². The van der Waals surface area contributed by atoms with Crippen molar-refractivity contribution in [3.63, 3.8) is 0 Å². The Morgan fingerprint density at radius 2 is 1.89 bits per heavy atom. The Kier molecular flexibility index (Phi) is 5.96. The van der Waals surface area contributed by atoms with E-state index >= 15 is 0 Å². The molecule has 1 atom stereocenters. The van der Waals surface area contributed by atoms with Crippen LogP contribution in [-0.2, 0) is 4.79 Å². The van der Waals surface area contributed by atoms with Gasteiger partial charge in [-0.3, -0.25) is 9.59 Å². The van der Waals surface area contributed by atoms with Crippen LogP contribution in [-0.4, -0.2) is 44.0 Å². The molecule has 0 bridgehead atoms. The molecule has 27 heavy (non-hydrogen) atoms. The quantitative estimate of drug-likeness (QED) is 0.851. The molecule has 0 radical (unpaired) electrons. The van der Waals surface area contributed by atoms with Crippen LogP contribution in [0.4, 0.5) is 0 Å². The molecule has 1 heterocycles. The molecule has 2 amide bonds. The molecule has 0 saturated carbocycles. The molecule has 1 saturated heterocycles. The summed E-state index contributed by atoms with van der Waals surface area (Å²) < 4.78 is 10.8. The molecule has 0 spiro atoms. The van der Waals surface area contributed by atoms with E-state index in [1.807, 2.05) is 29.2 Å². The van der Waals surface area contributed by atoms with Crippen LogP contribution >= 0.6 is 0 Å². The van der Waals surface area contributed by atoms with Gasteiger partial charge in [-0.1, -0.05) is 18.2 Å². The van der Waals surface area contributed by atoms with E-state index in [-0.39, 0.29) is 24.4 Å². The zero-order chi connectivity index (χ0) is 19.2. The number of benzene rings is 2. The van der Waals surface area contributed by atoms with Gasteiger partial charge in [-0.15, -0.1) is 0 Å². The molecule has 0 aliphatic carbocycles. The van der Waals surface area contributed by atoms with Gasteiger partial charge in [0.2, 0.25) is 5.91 Å². The number of hydrogen-bond acceptors (Lipinski definition) is 4. The molecular weight excluding hydrogens is 344 g/mol. The first-order chi connectivity index (χ1) is 13.1. The Hall–Kier alpha value is -3.02.